The Bertz CT molecular complexity index is 916. The van der Waals surface area contributed by atoms with Gasteiger partial charge in [-0.1, -0.05) is 11.6 Å². The van der Waals surface area contributed by atoms with Gasteiger partial charge in [0.15, 0.2) is 0 Å². The van der Waals surface area contributed by atoms with Gasteiger partial charge in [0.05, 0.1) is 24.0 Å². The lowest BCUT2D eigenvalue weighted by Crippen LogP contribution is -2.14. The predicted octanol–water partition coefficient (Wildman–Crippen LogP) is 4.00. The number of nitrogens with zero attached hydrogens (tertiary/aromatic N) is 3. The third-order valence-corrected chi connectivity index (χ3v) is 3.52. The molecule has 122 valence electrons. The number of rotatable bonds is 4. The van der Waals surface area contributed by atoms with E-state index in [0.717, 1.165) is 5.69 Å². The van der Waals surface area contributed by atoms with Crippen molar-refractivity contribution < 1.29 is 4.79 Å². The van der Waals surface area contributed by atoms with Crippen molar-refractivity contribution >= 4 is 34.7 Å². The molecule has 0 aliphatic carbocycles. The van der Waals surface area contributed by atoms with E-state index in [1.807, 2.05) is 0 Å². The third kappa shape index (κ3) is 4.31. The van der Waals surface area contributed by atoms with Crippen LogP contribution in [0.4, 0.5) is 17.2 Å². The van der Waals surface area contributed by atoms with E-state index in [1.165, 1.54) is 12.4 Å². The van der Waals surface area contributed by atoms with Crippen LogP contribution in [0, 0.1) is 11.3 Å². The van der Waals surface area contributed by atoms with E-state index in [1.54, 1.807) is 48.5 Å². The fourth-order valence-corrected chi connectivity index (χ4v) is 2.14. The molecule has 0 bridgehead atoms. The molecule has 2 N–H and O–H groups in total. The molecule has 0 saturated heterocycles. The highest BCUT2D eigenvalue weighted by Gasteiger charge is 2.08. The molecule has 0 fully saturated rings. The highest BCUT2D eigenvalue weighted by Crippen LogP contribution is 2.16. The first-order chi connectivity index (χ1) is 12.1. The fourth-order valence-electron chi connectivity index (χ4n) is 2.01. The summed E-state index contributed by atoms with van der Waals surface area (Å²) in [5.74, 6) is 0.132. The zero-order valence-electron chi connectivity index (χ0n) is 12.9. The molecule has 7 heteroatoms. The summed E-state index contributed by atoms with van der Waals surface area (Å²) in [6.07, 6.45) is 2.85. The number of hydrogen-bond donors (Lipinski definition) is 2. The van der Waals surface area contributed by atoms with Crippen LogP contribution in [-0.2, 0) is 0 Å². The summed E-state index contributed by atoms with van der Waals surface area (Å²) in [6, 6.07) is 15.8. The summed E-state index contributed by atoms with van der Waals surface area (Å²) in [7, 11) is 0. The van der Waals surface area contributed by atoms with Crippen molar-refractivity contribution in [2.24, 2.45) is 0 Å². The molecular formula is C18H12ClN5O. The topological polar surface area (TPSA) is 90.7 Å². The van der Waals surface area contributed by atoms with Gasteiger partial charge < -0.3 is 10.6 Å². The van der Waals surface area contributed by atoms with Crippen molar-refractivity contribution in [2.75, 3.05) is 10.6 Å². The lowest BCUT2D eigenvalue weighted by atomic mass is 10.2. The van der Waals surface area contributed by atoms with Crippen molar-refractivity contribution in [3.63, 3.8) is 0 Å². The van der Waals surface area contributed by atoms with Gasteiger partial charge in [-0.05, 0) is 48.5 Å². The lowest BCUT2D eigenvalue weighted by molar-refractivity contribution is 0.102. The Hall–Kier alpha value is -3.43. The number of benzene rings is 2. The van der Waals surface area contributed by atoms with Crippen LogP contribution < -0.4 is 10.6 Å². The monoisotopic (exact) mass is 349 g/mol. The first-order valence-corrected chi connectivity index (χ1v) is 7.68. The van der Waals surface area contributed by atoms with Gasteiger partial charge in [0.25, 0.3) is 5.91 Å². The molecule has 1 aromatic heterocycles. The van der Waals surface area contributed by atoms with Crippen molar-refractivity contribution in [3.8, 4) is 6.07 Å². The number of amides is 1. The molecule has 1 amide bonds. The van der Waals surface area contributed by atoms with E-state index >= 15 is 0 Å². The third-order valence-electron chi connectivity index (χ3n) is 3.27. The smallest absolute Gasteiger partial charge is 0.275 e. The molecule has 0 aliphatic heterocycles. The van der Waals surface area contributed by atoms with Gasteiger partial charge in [-0.2, -0.15) is 5.26 Å². The molecule has 0 unspecified atom stereocenters. The SMILES string of the molecule is N#Cc1ccc(Nc2cnc(C(=O)Nc3ccc(Cl)cc3)cn2)cc1. The summed E-state index contributed by atoms with van der Waals surface area (Å²) < 4.78 is 0. The standard InChI is InChI=1S/C18H12ClN5O/c19-13-3-7-15(8-4-13)24-18(25)16-10-22-17(11-21-16)23-14-5-1-12(9-20)2-6-14/h1-8,10-11H,(H,22,23)(H,24,25). The van der Waals surface area contributed by atoms with Crippen molar-refractivity contribution in [1.29, 1.82) is 5.26 Å². The Morgan fingerprint density at radius 2 is 1.64 bits per heavy atom. The van der Waals surface area contributed by atoms with Crippen LogP contribution >= 0.6 is 11.6 Å². The summed E-state index contributed by atoms with van der Waals surface area (Å²) in [5.41, 5.74) is 2.16. The van der Waals surface area contributed by atoms with Gasteiger partial charge in [0.2, 0.25) is 0 Å². The second-order valence-corrected chi connectivity index (χ2v) is 5.50. The number of nitrogens with one attached hydrogen (secondary N) is 2. The molecule has 6 nitrogen and oxygen atoms in total. The van der Waals surface area contributed by atoms with E-state index in [0.29, 0.717) is 22.1 Å². The maximum atomic E-state index is 12.1. The maximum absolute atomic E-state index is 12.1. The van der Waals surface area contributed by atoms with Gasteiger partial charge in [-0.25, -0.2) is 9.97 Å². The minimum absolute atomic E-state index is 0.195. The average Bonchev–Trinajstić information content (AvgIpc) is 2.65. The molecule has 3 aromatic rings. The summed E-state index contributed by atoms with van der Waals surface area (Å²) in [6.45, 7) is 0. The van der Waals surface area contributed by atoms with E-state index in [-0.39, 0.29) is 11.6 Å². The molecule has 0 saturated carbocycles. The highest BCUT2D eigenvalue weighted by atomic mass is 35.5. The van der Waals surface area contributed by atoms with Gasteiger partial charge >= 0.3 is 0 Å². The first-order valence-electron chi connectivity index (χ1n) is 7.30. The normalized spacial score (nSPS) is 9.92. The number of carbonyl (C=O) groups is 1. The molecule has 0 spiro atoms. The highest BCUT2D eigenvalue weighted by molar-refractivity contribution is 6.30. The Morgan fingerprint density at radius 1 is 0.960 bits per heavy atom. The van der Waals surface area contributed by atoms with Gasteiger partial charge in [-0.15, -0.1) is 0 Å². The molecule has 3 rings (SSSR count). The summed E-state index contributed by atoms with van der Waals surface area (Å²) in [5, 5.41) is 15.1. The number of halogens is 1. The molecule has 0 aliphatic rings. The minimum Gasteiger partial charge on any atom is -0.339 e. The number of nitriles is 1. The summed E-state index contributed by atoms with van der Waals surface area (Å²) in [4.78, 5) is 20.4. The number of anilines is 3. The number of carbonyl (C=O) groups excluding carboxylic acids is 1. The molecule has 0 radical (unpaired) electrons. The van der Waals surface area contributed by atoms with Crippen LogP contribution in [0.1, 0.15) is 16.1 Å². The molecule has 0 atom stereocenters. The summed E-state index contributed by atoms with van der Waals surface area (Å²) >= 11 is 5.81. The zero-order valence-corrected chi connectivity index (χ0v) is 13.7. The Kier molecular flexibility index (Phi) is 4.88. The molecule has 1 heterocycles. The quantitative estimate of drug-likeness (QED) is 0.743. The predicted molar refractivity (Wildman–Crippen MR) is 95.9 cm³/mol. The van der Waals surface area contributed by atoms with Crippen LogP contribution in [0.25, 0.3) is 0 Å². The molecular weight excluding hydrogens is 338 g/mol. The second kappa shape index (κ2) is 7.43. The van der Waals surface area contributed by atoms with Crippen molar-refractivity contribution in [2.45, 2.75) is 0 Å². The second-order valence-electron chi connectivity index (χ2n) is 5.06. The largest absolute Gasteiger partial charge is 0.339 e. The zero-order chi connectivity index (χ0) is 17.6. The Labute approximate surface area is 149 Å². The molecule has 25 heavy (non-hydrogen) atoms. The van der Waals surface area contributed by atoms with E-state index in [4.69, 9.17) is 16.9 Å². The first kappa shape index (κ1) is 16.4. The van der Waals surface area contributed by atoms with E-state index in [2.05, 4.69) is 26.7 Å². The maximum Gasteiger partial charge on any atom is 0.275 e. The average molecular weight is 350 g/mol. The van der Waals surface area contributed by atoms with E-state index in [9.17, 15) is 4.79 Å². The van der Waals surface area contributed by atoms with Crippen LogP contribution in [0.3, 0.4) is 0 Å². The van der Waals surface area contributed by atoms with Crippen molar-refractivity contribution in [1.82, 2.24) is 9.97 Å². The van der Waals surface area contributed by atoms with Crippen LogP contribution in [0.15, 0.2) is 60.9 Å². The fraction of sp³-hybridized carbons (Fsp3) is 0. The van der Waals surface area contributed by atoms with Gasteiger partial charge in [0.1, 0.15) is 11.5 Å². The Morgan fingerprint density at radius 3 is 2.24 bits per heavy atom. The van der Waals surface area contributed by atoms with Gasteiger partial charge in [0, 0.05) is 16.4 Å². The minimum atomic E-state index is -0.361. The number of hydrogen-bond acceptors (Lipinski definition) is 5. The number of aromatic nitrogens is 2. The van der Waals surface area contributed by atoms with E-state index < -0.39 is 0 Å². The van der Waals surface area contributed by atoms with Crippen LogP contribution in [0.2, 0.25) is 5.02 Å². The van der Waals surface area contributed by atoms with Crippen LogP contribution in [0.5, 0.6) is 0 Å². The Balaban J connectivity index is 1.65. The van der Waals surface area contributed by atoms with Crippen LogP contribution in [-0.4, -0.2) is 15.9 Å². The van der Waals surface area contributed by atoms with Gasteiger partial charge in [-0.3, -0.25) is 4.79 Å². The lowest BCUT2D eigenvalue weighted by Gasteiger charge is -2.07. The molecule has 2 aromatic carbocycles. The van der Waals surface area contributed by atoms with Crippen molar-refractivity contribution in [3.05, 3.63) is 77.2 Å².